The molecule has 1 heterocycles. The van der Waals surface area contributed by atoms with Crippen molar-refractivity contribution >= 4 is 22.7 Å². The Morgan fingerprint density at radius 2 is 2.00 bits per heavy atom. The Morgan fingerprint density at radius 3 is 2.64 bits per heavy atom. The van der Waals surface area contributed by atoms with Gasteiger partial charge in [0.15, 0.2) is 18.0 Å². The second-order valence-corrected chi connectivity index (χ2v) is 4.71. The van der Waals surface area contributed by atoms with Gasteiger partial charge >= 0.3 is 11.6 Å². The van der Waals surface area contributed by atoms with Crippen molar-refractivity contribution in [2.75, 3.05) is 13.2 Å². The molecule has 22 heavy (non-hydrogen) atoms. The van der Waals surface area contributed by atoms with E-state index in [1.807, 2.05) is 0 Å². The molecule has 0 fully saturated rings. The van der Waals surface area contributed by atoms with E-state index in [0.29, 0.717) is 5.39 Å². The van der Waals surface area contributed by atoms with Crippen LogP contribution in [0.3, 0.4) is 0 Å². The third-order valence-electron chi connectivity index (χ3n) is 3.08. The van der Waals surface area contributed by atoms with Gasteiger partial charge in [-0.1, -0.05) is 0 Å². The Bertz CT molecular complexity index is 787. The van der Waals surface area contributed by atoms with Crippen molar-refractivity contribution in [2.24, 2.45) is 0 Å². The first-order valence-corrected chi connectivity index (χ1v) is 6.80. The van der Waals surface area contributed by atoms with Crippen molar-refractivity contribution in [1.29, 1.82) is 0 Å². The zero-order valence-corrected chi connectivity index (χ0v) is 12.6. The maximum absolute atomic E-state index is 11.9. The third kappa shape index (κ3) is 3.16. The van der Waals surface area contributed by atoms with Crippen LogP contribution in [0.1, 0.15) is 29.8 Å². The Labute approximate surface area is 126 Å². The second-order valence-electron chi connectivity index (χ2n) is 4.71. The van der Waals surface area contributed by atoms with Gasteiger partial charge < -0.3 is 13.9 Å². The van der Waals surface area contributed by atoms with E-state index in [-0.39, 0.29) is 35.9 Å². The molecule has 0 aliphatic rings. The first-order chi connectivity index (χ1) is 10.4. The van der Waals surface area contributed by atoms with Gasteiger partial charge in [-0.05, 0) is 38.5 Å². The van der Waals surface area contributed by atoms with E-state index in [9.17, 15) is 14.4 Å². The van der Waals surface area contributed by atoms with Crippen LogP contribution in [0.4, 0.5) is 0 Å². The summed E-state index contributed by atoms with van der Waals surface area (Å²) in [6.07, 6.45) is 0. The summed E-state index contributed by atoms with van der Waals surface area (Å²) in [5.74, 6) is -0.664. The summed E-state index contributed by atoms with van der Waals surface area (Å²) in [6.45, 7) is 4.75. The Kier molecular flexibility index (Phi) is 4.60. The Balaban J connectivity index is 2.53. The molecule has 0 amide bonds. The lowest BCUT2D eigenvalue weighted by Gasteiger charge is -2.12. The van der Waals surface area contributed by atoms with Crippen LogP contribution >= 0.6 is 0 Å². The fourth-order valence-corrected chi connectivity index (χ4v) is 2.16. The van der Waals surface area contributed by atoms with Gasteiger partial charge in [0.05, 0.1) is 6.61 Å². The highest BCUT2D eigenvalue weighted by molar-refractivity contribution is 6.08. The first-order valence-electron chi connectivity index (χ1n) is 6.80. The summed E-state index contributed by atoms with van der Waals surface area (Å²) >= 11 is 0. The van der Waals surface area contributed by atoms with Gasteiger partial charge in [0.25, 0.3) is 0 Å². The lowest BCUT2D eigenvalue weighted by Crippen LogP contribution is -2.16. The largest absolute Gasteiger partial charge is 0.481 e. The summed E-state index contributed by atoms with van der Waals surface area (Å²) in [6, 6.07) is 4.52. The molecule has 6 heteroatoms. The standard InChI is InChI=1S/C16H16O6/c1-4-20-14(19)8-21-12-7-9(2)11-5-6-13(18)22-16(11)15(12)10(3)17/h5-7H,4,8H2,1-3H3. The fourth-order valence-electron chi connectivity index (χ4n) is 2.16. The van der Waals surface area contributed by atoms with E-state index in [0.717, 1.165) is 5.56 Å². The predicted molar refractivity (Wildman–Crippen MR) is 79.4 cm³/mol. The van der Waals surface area contributed by atoms with Crippen molar-refractivity contribution in [3.05, 3.63) is 39.7 Å². The number of hydrogen-bond donors (Lipinski definition) is 0. The molecule has 2 rings (SSSR count). The van der Waals surface area contributed by atoms with Crippen LogP contribution in [0.25, 0.3) is 11.0 Å². The van der Waals surface area contributed by atoms with Crippen LogP contribution in [0.2, 0.25) is 0 Å². The third-order valence-corrected chi connectivity index (χ3v) is 3.08. The molecular weight excluding hydrogens is 288 g/mol. The highest BCUT2D eigenvalue weighted by Crippen LogP contribution is 2.30. The number of benzene rings is 1. The summed E-state index contributed by atoms with van der Waals surface area (Å²) in [7, 11) is 0. The average molecular weight is 304 g/mol. The molecule has 0 bridgehead atoms. The van der Waals surface area contributed by atoms with E-state index in [2.05, 4.69) is 0 Å². The van der Waals surface area contributed by atoms with Crippen LogP contribution in [0, 0.1) is 6.92 Å². The van der Waals surface area contributed by atoms with Gasteiger partial charge in [0.2, 0.25) is 0 Å². The number of Topliss-reactive ketones (excluding diaryl/α,β-unsaturated/α-hetero) is 1. The normalized spacial score (nSPS) is 10.5. The molecule has 0 aliphatic heterocycles. The number of ketones is 1. The van der Waals surface area contributed by atoms with E-state index in [4.69, 9.17) is 13.9 Å². The van der Waals surface area contributed by atoms with Gasteiger partial charge in [-0.2, -0.15) is 0 Å². The zero-order chi connectivity index (χ0) is 16.3. The number of fused-ring (bicyclic) bond motifs is 1. The van der Waals surface area contributed by atoms with Crippen molar-refractivity contribution in [3.63, 3.8) is 0 Å². The van der Waals surface area contributed by atoms with Crippen LogP contribution in [-0.2, 0) is 9.53 Å². The summed E-state index contributed by atoms with van der Waals surface area (Å²) < 4.78 is 15.3. The van der Waals surface area contributed by atoms with Gasteiger partial charge in [-0.25, -0.2) is 9.59 Å². The van der Waals surface area contributed by atoms with Crippen molar-refractivity contribution in [3.8, 4) is 5.75 Å². The van der Waals surface area contributed by atoms with Gasteiger partial charge in [0.1, 0.15) is 11.3 Å². The first kappa shape index (κ1) is 15.8. The Morgan fingerprint density at radius 1 is 1.27 bits per heavy atom. The monoisotopic (exact) mass is 304 g/mol. The molecule has 6 nitrogen and oxygen atoms in total. The predicted octanol–water partition coefficient (Wildman–Crippen LogP) is 2.25. The minimum absolute atomic E-state index is 0.141. The highest BCUT2D eigenvalue weighted by Gasteiger charge is 2.19. The molecule has 0 aliphatic carbocycles. The van der Waals surface area contributed by atoms with E-state index >= 15 is 0 Å². The summed E-state index contributed by atoms with van der Waals surface area (Å²) in [5, 5.41) is 0.647. The average Bonchev–Trinajstić information content (AvgIpc) is 2.44. The second kappa shape index (κ2) is 6.43. The number of ether oxygens (including phenoxy) is 2. The molecule has 0 N–H and O–H groups in total. The van der Waals surface area contributed by atoms with Crippen molar-refractivity contribution in [1.82, 2.24) is 0 Å². The molecule has 0 saturated carbocycles. The number of carbonyl (C=O) groups excluding carboxylic acids is 2. The zero-order valence-electron chi connectivity index (χ0n) is 12.6. The lowest BCUT2D eigenvalue weighted by molar-refractivity contribution is -0.145. The van der Waals surface area contributed by atoms with Crippen LogP contribution in [0.5, 0.6) is 5.75 Å². The molecule has 0 unspecified atom stereocenters. The van der Waals surface area contributed by atoms with Gasteiger partial charge in [-0.3, -0.25) is 4.79 Å². The quantitative estimate of drug-likeness (QED) is 0.478. The maximum Gasteiger partial charge on any atom is 0.344 e. The molecule has 2 aromatic rings. The van der Waals surface area contributed by atoms with Gasteiger partial charge in [-0.15, -0.1) is 0 Å². The lowest BCUT2D eigenvalue weighted by atomic mass is 10.0. The number of rotatable bonds is 5. The van der Waals surface area contributed by atoms with Crippen LogP contribution in [0.15, 0.2) is 27.4 Å². The van der Waals surface area contributed by atoms with E-state index in [1.54, 1.807) is 26.0 Å². The van der Waals surface area contributed by atoms with E-state index < -0.39 is 11.6 Å². The van der Waals surface area contributed by atoms with Crippen molar-refractivity contribution < 1.29 is 23.5 Å². The molecule has 116 valence electrons. The fraction of sp³-hybridized carbons (Fsp3) is 0.312. The minimum atomic E-state index is -0.558. The van der Waals surface area contributed by atoms with E-state index in [1.165, 1.54) is 13.0 Å². The molecule has 1 aromatic carbocycles. The smallest absolute Gasteiger partial charge is 0.344 e. The molecule has 0 radical (unpaired) electrons. The highest BCUT2D eigenvalue weighted by atomic mass is 16.6. The molecule has 0 spiro atoms. The number of aryl methyl sites for hydroxylation is 1. The summed E-state index contributed by atoms with van der Waals surface area (Å²) in [5.41, 5.74) is 0.515. The van der Waals surface area contributed by atoms with Crippen LogP contribution in [-0.4, -0.2) is 25.0 Å². The topological polar surface area (TPSA) is 82.8 Å². The number of carbonyl (C=O) groups is 2. The van der Waals surface area contributed by atoms with Crippen LogP contribution < -0.4 is 10.4 Å². The molecular formula is C16H16O6. The molecule has 1 aromatic heterocycles. The van der Waals surface area contributed by atoms with Crippen molar-refractivity contribution in [2.45, 2.75) is 20.8 Å². The molecule has 0 atom stereocenters. The van der Waals surface area contributed by atoms with Gasteiger partial charge in [0, 0.05) is 11.5 Å². The number of hydrogen-bond acceptors (Lipinski definition) is 6. The summed E-state index contributed by atoms with van der Waals surface area (Å²) in [4.78, 5) is 34.7. The SMILES string of the molecule is CCOC(=O)COc1cc(C)c2ccc(=O)oc2c1C(C)=O. The number of esters is 1. The minimum Gasteiger partial charge on any atom is -0.481 e. The maximum atomic E-state index is 11.9. The molecule has 0 saturated heterocycles. The Hall–Kier alpha value is -2.63.